The Labute approximate surface area is 225 Å². The molecule has 5 rings (SSSR count). The lowest BCUT2D eigenvalue weighted by Gasteiger charge is -2.40. The second-order valence-electron chi connectivity index (χ2n) is 11.3. The maximum absolute atomic E-state index is 13.0. The summed E-state index contributed by atoms with van der Waals surface area (Å²) in [4.78, 5) is 14.9. The van der Waals surface area contributed by atoms with Crippen LogP contribution < -0.4 is 4.72 Å². The second-order valence-corrected chi connectivity index (χ2v) is 13.2. The highest BCUT2D eigenvalue weighted by Gasteiger charge is 2.38. The second kappa shape index (κ2) is 11.6. The van der Waals surface area contributed by atoms with Crippen molar-refractivity contribution in [2.45, 2.75) is 56.6 Å². The van der Waals surface area contributed by atoms with E-state index in [1.807, 2.05) is 22.8 Å². The number of carbonyl (C=O) groups excluding carboxylic acids is 1. The average Bonchev–Trinajstić information content (AvgIpc) is 3.58. The van der Waals surface area contributed by atoms with Crippen molar-refractivity contribution in [3.05, 3.63) is 30.0 Å². The van der Waals surface area contributed by atoms with Gasteiger partial charge in [-0.1, -0.05) is 6.07 Å². The van der Waals surface area contributed by atoms with Crippen LogP contribution in [0.2, 0.25) is 0 Å². The van der Waals surface area contributed by atoms with Gasteiger partial charge in [-0.25, -0.2) is 0 Å². The van der Waals surface area contributed by atoms with E-state index in [1.54, 1.807) is 0 Å². The summed E-state index contributed by atoms with van der Waals surface area (Å²) in [5.74, 6) is 0.948. The van der Waals surface area contributed by atoms with Gasteiger partial charge in [0, 0.05) is 52.8 Å². The number of nitrogens with one attached hydrogen (secondary N) is 1. The molecule has 10 nitrogen and oxygen atoms in total. The summed E-state index contributed by atoms with van der Waals surface area (Å²) in [7, 11) is 1.39. The molecule has 1 N–H and O–H groups in total. The molecule has 0 spiro atoms. The predicted octanol–water partition coefficient (Wildman–Crippen LogP) is 2.27. The van der Waals surface area contributed by atoms with E-state index >= 15 is 0 Å². The molecule has 0 radical (unpaired) electrons. The lowest BCUT2D eigenvalue weighted by atomic mass is 9.79. The summed E-state index contributed by atoms with van der Waals surface area (Å²) in [6, 6.07) is 6.30. The molecule has 11 heteroatoms. The fraction of sp³-hybridized carbons (Fsp3) is 0.704. The number of hydrogen-bond acceptors (Lipinski definition) is 6. The summed E-state index contributed by atoms with van der Waals surface area (Å²) in [5, 5.41) is 5.55. The van der Waals surface area contributed by atoms with Crippen molar-refractivity contribution in [2.75, 3.05) is 47.0 Å². The third-order valence-electron chi connectivity index (χ3n) is 8.57. The van der Waals surface area contributed by atoms with Gasteiger partial charge in [0.05, 0.1) is 36.4 Å². The molecule has 3 fully saturated rings. The molecule has 2 saturated heterocycles. The van der Waals surface area contributed by atoms with Crippen molar-refractivity contribution >= 4 is 27.0 Å². The lowest BCUT2D eigenvalue weighted by Crippen LogP contribution is -2.58. The molecular weight excluding hydrogens is 506 g/mol. The first-order valence-electron chi connectivity index (χ1n) is 13.8. The van der Waals surface area contributed by atoms with Gasteiger partial charge in [0.1, 0.15) is 0 Å². The Hall–Kier alpha value is -2.05. The molecule has 1 amide bonds. The van der Waals surface area contributed by atoms with Crippen LogP contribution >= 0.6 is 0 Å². The van der Waals surface area contributed by atoms with E-state index < -0.39 is 10.2 Å². The zero-order chi connectivity index (χ0) is 26.9. The number of ether oxygens (including phenoxy) is 2. The van der Waals surface area contributed by atoms with Gasteiger partial charge in [0.15, 0.2) is 0 Å². The number of likely N-dealkylation sites (tertiary alicyclic amines) is 1. The minimum absolute atomic E-state index is 0.0936. The maximum atomic E-state index is 13.0. The summed E-state index contributed by atoms with van der Waals surface area (Å²) in [6.07, 6.45) is 7.17. The zero-order valence-corrected chi connectivity index (χ0v) is 23.5. The van der Waals surface area contributed by atoms with Crippen molar-refractivity contribution in [2.24, 2.45) is 18.9 Å². The number of aryl methyl sites for hydroxylation is 1. The summed E-state index contributed by atoms with van der Waals surface area (Å²) in [6.45, 7) is 2.58. The van der Waals surface area contributed by atoms with E-state index in [4.69, 9.17) is 9.47 Å². The number of fused-ring (bicyclic) bond motifs is 1. The number of piperidine rings is 1. The Morgan fingerprint density at radius 1 is 1.18 bits per heavy atom. The van der Waals surface area contributed by atoms with E-state index in [0.29, 0.717) is 51.2 Å². The van der Waals surface area contributed by atoms with Crippen LogP contribution in [0.15, 0.2) is 24.4 Å². The lowest BCUT2D eigenvalue weighted by molar-refractivity contribution is -0.140. The van der Waals surface area contributed by atoms with Crippen molar-refractivity contribution in [1.82, 2.24) is 23.7 Å². The smallest absolute Gasteiger partial charge is 0.279 e. The Bertz CT molecular complexity index is 1220. The van der Waals surface area contributed by atoms with Crippen molar-refractivity contribution in [3.8, 4) is 0 Å². The normalized spacial score (nSPS) is 28.8. The summed E-state index contributed by atoms with van der Waals surface area (Å²) < 4.78 is 42.9. The van der Waals surface area contributed by atoms with Gasteiger partial charge in [0.25, 0.3) is 10.2 Å². The molecule has 3 aliphatic rings. The van der Waals surface area contributed by atoms with E-state index in [-0.39, 0.29) is 24.0 Å². The largest absolute Gasteiger partial charge is 0.381 e. The number of nitrogens with zero attached hydrogens (tertiary/aromatic N) is 4. The van der Waals surface area contributed by atoms with Gasteiger partial charge >= 0.3 is 0 Å². The van der Waals surface area contributed by atoms with Gasteiger partial charge in [-0.15, -0.1) is 0 Å². The van der Waals surface area contributed by atoms with Crippen LogP contribution in [0.25, 0.3) is 10.9 Å². The molecule has 38 heavy (non-hydrogen) atoms. The van der Waals surface area contributed by atoms with E-state index in [9.17, 15) is 13.2 Å². The first-order valence-corrected chi connectivity index (χ1v) is 15.2. The van der Waals surface area contributed by atoms with Crippen LogP contribution in [0, 0.1) is 11.8 Å². The predicted molar refractivity (Wildman–Crippen MR) is 145 cm³/mol. The molecule has 2 aliphatic heterocycles. The zero-order valence-electron chi connectivity index (χ0n) is 22.7. The number of carbonyl (C=O) groups is 1. The molecule has 3 heterocycles. The average molecular weight is 548 g/mol. The van der Waals surface area contributed by atoms with E-state index in [0.717, 1.165) is 37.6 Å². The van der Waals surface area contributed by atoms with Gasteiger partial charge in [-0.3, -0.25) is 9.48 Å². The van der Waals surface area contributed by atoms with Crippen LogP contribution in [0.4, 0.5) is 0 Å². The van der Waals surface area contributed by atoms with E-state index in [2.05, 4.69) is 28.0 Å². The Morgan fingerprint density at radius 2 is 1.97 bits per heavy atom. The standard InChI is InChI=1S/C27H41N5O5S/c1-30(2)38(34,35)29-24-10-12-32(27(33)22-11-13-36-18-22)16-26(24)37-17-19-4-6-20(7-5-19)21-8-9-25-23(14-21)15-28-31(25)3/h8-9,14-15,19-20,22,24,26,29H,4-7,10-13,16-18H2,1-3H3/t19?,20?,22-,24?,26?/m1/s1. The fourth-order valence-electron chi connectivity index (χ4n) is 6.06. The molecule has 1 aromatic heterocycles. The minimum Gasteiger partial charge on any atom is -0.381 e. The van der Waals surface area contributed by atoms with Gasteiger partial charge in [0.2, 0.25) is 5.91 Å². The Kier molecular flexibility index (Phi) is 8.39. The van der Waals surface area contributed by atoms with E-state index in [1.165, 1.54) is 29.4 Å². The first kappa shape index (κ1) is 27.5. The molecule has 210 valence electrons. The van der Waals surface area contributed by atoms with Crippen LogP contribution in [-0.2, 0) is 31.5 Å². The van der Waals surface area contributed by atoms with Crippen LogP contribution in [0.5, 0.6) is 0 Å². The molecule has 1 saturated carbocycles. The van der Waals surface area contributed by atoms with Gasteiger partial charge in [-0.2, -0.15) is 22.5 Å². The van der Waals surface area contributed by atoms with Crippen molar-refractivity contribution < 1.29 is 22.7 Å². The van der Waals surface area contributed by atoms with Gasteiger partial charge < -0.3 is 14.4 Å². The van der Waals surface area contributed by atoms with Gasteiger partial charge in [-0.05, 0) is 68.1 Å². The molecule has 3 atom stereocenters. The fourth-order valence-corrected chi connectivity index (χ4v) is 6.93. The summed E-state index contributed by atoms with van der Waals surface area (Å²) >= 11 is 0. The van der Waals surface area contributed by atoms with Crippen molar-refractivity contribution in [3.63, 3.8) is 0 Å². The Morgan fingerprint density at radius 3 is 2.68 bits per heavy atom. The highest BCUT2D eigenvalue weighted by molar-refractivity contribution is 7.87. The monoisotopic (exact) mass is 547 g/mol. The molecular formula is C27H41N5O5S. The maximum Gasteiger partial charge on any atom is 0.279 e. The van der Waals surface area contributed by atoms with Crippen LogP contribution in [-0.4, -0.2) is 92.5 Å². The van der Waals surface area contributed by atoms with Crippen molar-refractivity contribution in [1.29, 1.82) is 0 Å². The quantitative estimate of drug-likeness (QED) is 0.544. The highest BCUT2D eigenvalue weighted by atomic mass is 32.2. The van der Waals surface area contributed by atoms with Crippen LogP contribution in [0.1, 0.15) is 50.0 Å². The number of hydrogen-bond donors (Lipinski definition) is 1. The topological polar surface area (TPSA) is 106 Å². The molecule has 2 unspecified atom stereocenters. The number of aromatic nitrogens is 2. The third kappa shape index (κ3) is 6.07. The molecule has 1 aromatic carbocycles. The molecule has 2 aromatic rings. The number of benzene rings is 1. The minimum atomic E-state index is -3.61. The SMILES string of the molecule is CN(C)S(=O)(=O)NC1CCN(C(=O)[C@@H]2CCOC2)CC1OCC1CCC(c2ccc3c(cnn3C)c2)CC1. The number of amides is 1. The highest BCUT2D eigenvalue weighted by Crippen LogP contribution is 2.37. The Balaban J connectivity index is 1.19. The number of rotatable bonds is 8. The van der Waals surface area contributed by atoms with Crippen LogP contribution in [0.3, 0.4) is 0 Å². The molecule has 1 aliphatic carbocycles. The summed E-state index contributed by atoms with van der Waals surface area (Å²) in [5.41, 5.74) is 2.52. The third-order valence-corrected chi connectivity index (χ3v) is 10.1. The molecule has 0 bridgehead atoms. The first-order chi connectivity index (χ1) is 18.2.